The molecule has 1 aromatic rings. The van der Waals surface area contributed by atoms with Crippen LogP contribution in [0.2, 0.25) is 0 Å². The Bertz CT molecular complexity index is 560. The predicted molar refractivity (Wildman–Crippen MR) is 97.8 cm³/mol. The fourth-order valence-corrected chi connectivity index (χ4v) is 4.40. The molecule has 3 rings (SSSR count). The molecule has 1 N–H and O–H groups in total. The summed E-state index contributed by atoms with van der Waals surface area (Å²) in [6.45, 7) is 10.8. The molecular formula is C19H32N4O2. The van der Waals surface area contributed by atoms with Gasteiger partial charge in [-0.05, 0) is 59.0 Å². The van der Waals surface area contributed by atoms with E-state index >= 15 is 0 Å². The number of nitrogens with zero attached hydrogens (tertiary/aromatic N) is 3. The van der Waals surface area contributed by atoms with Crippen molar-refractivity contribution in [1.82, 2.24) is 20.3 Å². The summed E-state index contributed by atoms with van der Waals surface area (Å²) in [4.78, 5) is 17.2. The molecule has 2 saturated heterocycles. The van der Waals surface area contributed by atoms with Gasteiger partial charge in [-0.15, -0.1) is 0 Å². The van der Waals surface area contributed by atoms with Gasteiger partial charge in [0.25, 0.3) is 0 Å². The first-order valence-electron chi connectivity index (χ1n) is 9.76. The van der Waals surface area contributed by atoms with Crippen LogP contribution in [-0.2, 0) is 0 Å². The topological polar surface area (TPSA) is 61.6 Å². The summed E-state index contributed by atoms with van der Waals surface area (Å²) < 4.78 is 5.24. The van der Waals surface area contributed by atoms with Crippen LogP contribution in [0.25, 0.3) is 0 Å². The molecule has 0 saturated carbocycles. The van der Waals surface area contributed by atoms with E-state index in [-0.39, 0.29) is 11.9 Å². The number of carbonyl (C=O) groups excluding carboxylic acids is 1. The first kappa shape index (κ1) is 18.2. The molecule has 6 nitrogen and oxygen atoms in total. The second kappa shape index (κ2) is 8.21. The number of hydrogen-bond acceptors (Lipinski definition) is 4. The highest BCUT2D eigenvalue weighted by atomic mass is 16.5. The van der Waals surface area contributed by atoms with Gasteiger partial charge in [-0.3, -0.25) is 0 Å². The maximum atomic E-state index is 12.6. The Morgan fingerprint density at radius 1 is 1.20 bits per heavy atom. The zero-order chi connectivity index (χ0) is 17.8. The van der Waals surface area contributed by atoms with Crippen LogP contribution in [0.5, 0.6) is 0 Å². The molecule has 2 unspecified atom stereocenters. The minimum Gasteiger partial charge on any atom is -0.361 e. The van der Waals surface area contributed by atoms with Crippen LogP contribution in [0.1, 0.15) is 62.0 Å². The van der Waals surface area contributed by atoms with Crippen LogP contribution in [0.4, 0.5) is 4.79 Å². The van der Waals surface area contributed by atoms with Gasteiger partial charge in [0.05, 0.1) is 5.69 Å². The number of hydrogen-bond donors (Lipinski definition) is 1. The zero-order valence-electron chi connectivity index (χ0n) is 15.9. The van der Waals surface area contributed by atoms with Gasteiger partial charge in [0.15, 0.2) is 0 Å². The van der Waals surface area contributed by atoms with Crippen molar-refractivity contribution in [3.8, 4) is 0 Å². The van der Waals surface area contributed by atoms with Gasteiger partial charge in [-0.2, -0.15) is 0 Å². The molecule has 2 aliphatic rings. The molecule has 2 fully saturated rings. The highest BCUT2D eigenvalue weighted by Crippen LogP contribution is 2.23. The van der Waals surface area contributed by atoms with E-state index in [0.717, 1.165) is 42.9 Å². The highest BCUT2D eigenvalue weighted by Gasteiger charge is 2.26. The van der Waals surface area contributed by atoms with Crippen molar-refractivity contribution < 1.29 is 9.32 Å². The largest absolute Gasteiger partial charge is 0.361 e. The summed E-state index contributed by atoms with van der Waals surface area (Å²) in [6, 6.07) is 0.738. The second-order valence-corrected chi connectivity index (χ2v) is 7.64. The molecule has 25 heavy (non-hydrogen) atoms. The lowest BCUT2D eigenvalue weighted by Crippen LogP contribution is -2.42. The zero-order valence-corrected chi connectivity index (χ0v) is 15.9. The Kier molecular flexibility index (Phi) is 5.99. The van der Waals surface area contributed by atoms with Crippen LogP contribution < -0.4 is 5.32 Å². The van der Waals surface area contributed by atoms with Crippen LogP contribution in [-0.4, -0.2) is 59.8 Å². The van der Waals surface area contributed by atoms with Crippen molar-refractivity contribution in [2.24, 2.45) is 0 Å². The average molecular weight is 348 g/mol. The molecule has 0 aromatic carbocycles. The molecule has 0 spiro atoms. The molecule has 0 bridgehead atoms. The molecule has 2 amide bonds. The Balaban J connectivity index is 1.48. The maximum absolute atomic E-state index is 12.6. The normalized spacial score (nSPS) is 23.5. The maximum Gasteiger partial charge on any atom is 0.317 e. The van der Waals surface area contributed by atoms with Gasteiger partial charge in [0.1, 0.15) is 5.76 Å². The number of aromatic nitrogens is 1. The molecule has 1 aromatic heterocycles. The van der Waals surface area contributed by atoms with Gasteiger partial charge in [0, 0.05) is 37.2 Å². The SMILES string of the molecule is Cc1noc(C)c1C(C)CNC(=O)N1CCCC(N2CCCC2)CC1. The minimum atomic E-state index is 0.0701. The standard InChI is InChI=1S/C19H32N4O2/c1-14(18-15(2)21-25-16(18)3)13-20-19(24)23-11-6-7-17(8-12-23)22-9-4-5-10-22/h14,17H,4-13H2,1-3H3,(H,20,24). The third kappa shape index (κ3) is 4.35. The Hall–Kier alpha value is -1.56. The van der Waals surface area contributed by atoms with Crippen molar-refractivity contribution in [1.29, 1.82) is 0 Å². The van der Waals surface area contributed by atoms with E-state index < -0.39 is 0 Å². The average Bonchev–Trinajstić information content (AvgIpc) is 3.16. The third-order valence-electron chi connectivity index (χ3n) is 5.78. The fourth-order valence-electron chi connectivity index (χ4n) is 4.40. The summed E-state index contributed by atoms with van der Waals surface area (Å²) in [5.41, 5.74) is 2.03. The van der Waals surface area contributed by atoms with E-state index in [4.69, 9.17) is 4.52 Å². The molecule has 2 aliphatic heterocycles. The van der Waals surface area contributed by atoms with Crippen molar-refractivity contribution >= 4 is 6.03 Å². The van der Waals surface area contributed by atoms with Gasteiger partial charge >= 0.3 is 6.03 Å². The van der Waals surface area contributed by atoms with Crippen LogP contribution in [0.15, 0.2) is 4.52 Å². The number of carbonyl (C=O) groups is 1. The lowest BCUT2D eigenvalue weighted by molar-refractivity contribution is 0.193. The van der Waals surface area contributed by atoms with Crippen molar-refractivity contribution in [3.05, 3.63) is 17.0 Å². The van der Waals surface area contributed by atoms with E-state index in [1.165, 1.54) is 32.4 Å². The Morgan fingerprint density at radius 3 is 2.64 bits per heavy atom. The Labute approximate surface area is 150 Å². The smallest absolute Gasteiger partial charge is 0.317 e. The summed E-state index contributed by atoms with van der Waals surface area (Å²) in [5, 5.41) is 7.12. The van der Waals surface area contributed by atoms with E-state index in [1.54, 1.807) is 0 Å². The van der Waals surface area contributed by atoms with Gasteiger partial charge in [0.2, 0.25) is 0 Å². The quantitative estimate of drug-likeness (QED) is 0.908. The molecular weight excluding hydrogens is 316 g/mol. The van der Waals surface area contributed by atoms with Crippen LogP contribution in [0.3, 0.4) is 0 Å². The van der Waals surface area contributed by atoms with Gasteiger partial charge in [-0.25, -0.2) is 4.79 Å². The second-order valence-electron chi connectivity index (χ2n) is 7.64. The number of rotatable bonds is 4. The minimum absolute atomic E-state index is 0.0701. The summed E-state index contributed by atoms with van der Waals surface area (Å²) >= 11 is 0. The monoisotopic (exact) mass is 348 g/mol. The predicted octanol–water partition coefficient (Wildman–Crippen LogP) is 3.05. The molecule has 140 valence electrons. The number of urea groups is 1. The van der Waals surface area contributed by atoms with Crippen LogP contribution in [0, 0.1) is 13.8 Å². The first-order chi connectivity index (χ1) is 12.1. The summed E-state index contributed by atoms with van der Waals surface area (Å²) in [6.07, 6.45) is 6.10. The number of nitrogens with one attached hydrogen (secondary N) is 1. The fraction of sp³-hybridized carbons (Fsp3) is 0.789. The molecule has 6 heteroatoms. The molecule has 3 heterocycles. The lowest BCUT2D eigenvalue weighted by atomic mass is 10.00. The first-order valence-corrected chi connectivity index (χ1v) is 9.76. The van der Waals surface area contributed by atoms with E-state index in [0.29, 0.717) is 12.6 Å². The Morgan fingerprint density at radius 2 is 1.96 bits per heavy atom. The molecule has 2 atom stereocenters. The number of likely N-dealkylation sites (tertiary alicyclic amines) is 2. The number of aryl methyl sites for hydroxylation is 2. The van der Waals surface area contributed by atoms with Crippen molar-refractivity contribution in [2.45, 2.75) is 64.8 Å². The van der Waals surface area contributed by atoms with E-state index in [2.05, 4.69) is 22.3 Å². The molecule has 0 radical (unpaired) electrons. The van der Waals surface area contributed by atoms with Gasteiger partial charge in [-0.1, -0.05) is 12.1 Å². The van der Waals surface area contributed by atoms with Crippen LogP contribution >= 0.6 is 0 Å². The lowest BCUT2D eigenvalue weighted by Gasteiger charge is -2.26. The van der Waals surface area contributed by atoms with Crippen molar-refractivity contribution in [2.75, 3.05) is 32.7 Å². The summed E-state index contributed by atoms with van der Waals surface area (Å²) in [7, 11) is 0. The molecule has 0 aliphatic carbocycles. The third-order valence-corrected chi connectivity index (χ3v) is 5.78. The summed E-state index contributed by atoms with van der Waals surface area (Å²) in [5.74, 6) is 1.06. The number of amides is 2. The van der Waals surface area contributed by atoms with Crippen molar-refractivity contribution in [3.63, 3.8) is 0 Å². The highest BCUT2D eigenvalue weighted by molar-refractivity contribution is 5.74. The van der Waals surface area contributed by atoms with E-state index in [1.807, 2.05) is 18.7 Å². The van der Waals surface area contributed by atoms with Gasteiger partial charge < -0.3 is 19.6 Å². The van der Waals surface area contributed by atoms with E-state index in [9.17, 15) is 4.79 Å².